The average Bonchev–Trinajstić information content (AvgIpc) is 2.75. The average molecular weight is 455 g/mol. The van der Waals surface area contributed by atoms with Crippen LogP contribution in [-0.4, -0.2) is 31.2 Å². The van der Waals surface area contributed by atoms with E-state index in [9.17, 15) is 18.0 Å². The van der Waals surface area contributed by atoms with Crippen LogP contribution in [0.3, 0.4) is 0 Å². The van der Waals surface area contributed by atoms with Gasteiger partial charge in [-0.3, -0.25) is 9.59 Å². The van der Waals surface area contributed by atoms with Crippen LogP contribution in [0.4, 0.5) is 5.69 Å². The summed E-state index contributed by atoms with van der Waals surface area (Å²) in [7, 11) is -3.59. The monoisotopic (exact) mass is 454 g/mol. The van der Waals surface area contributed by atoms with E-state index >= 15 is 0 Å². The molecule has 1 aliphatic rings. The smallest absolute Gasteiger partial charge is 0.291 e. The van der Waals surface area contributed by atoms with Gasteiger partial charge in [-0.1, -0.05) is 6.42 Å². The van der Waals surface area contributed by atoms with Crippen molar-refractivity contribution < 1.29 is 17.6 Å². The van der Waals surface area contributed by atoms with Crippen LogP contribution in [0.25, 0.3) is 11.0 Å². The highest BCUT2D eigenvalue weighted by Crippen LogP contribution is 2.26. The third-order valence-electron chi connectivity index (χ3n) is 6.03. The van der Waals surface area contributed by atoms with Gasteiger partial charge in [0.2, 0.25) is 10.0 Å². The third-order valence-corrected chi connectivity index (χ3v) is 8.06. The number of amides is 1. The lowest BCUT2D eigenvalue weighted by Gasteiger charge is -2.32. The van der Waals surface area contributed by atoms with E-state index in [1.54, 1.807) is 12.1 Å². The summed E-state index contributed by atoms with van der Waals surface area (Å²) in [5.74, 6) is -0.688. The maximum atomic E-state index is 13.0. The largest absolute Gasteiger partial charge is 0.451 e. The molecule has 8 heteroatoms. The molecule has 1 aliphatic heterocycles. The standard InChI is InChI=1S/C24H26N2O5S/c1-15-12-20-21(27)14-23(31-22(20)13-16(15)2)24(28)25-18-7-9-19(10-8-18)32(29,30)26-11-5-4-6-17(26)3/h7-10,12-14,17H,4-6,11H2,1-3H3,(H,25,28)/t17-/m1/s1. The number of nitrogens with zero attached hydrogens (tertiary/aromatic N) is 1. The van der Waals surface area contributed by atoms with Crippen LogP contribution in [0.2, 0.25) is 0 Å². The predicted molar refractivity (Wildman–Crippen MR) is 124 cm³/mol. The van der Waals surface area contributed by atoms with Crippen molar-refractivity contribution in [2.24, 2.45) is 0 Å². The van der Waals surface area contributed by atoms with Gasteiger partial charge in [-0.2, -0.15) is 4.31 Å². The molecule has 1 N–H and O–H groups in total. The van der Waals surface area contributed by atoms with Crippen molar-refractivity contribution in [3.63, 3.8) is 0 Å². The maximum Gasteiger partial charge on any atom is 0.291 e. The van der Waals surface area contributed by atoms with Crippen LogP contribution < -0.4 is 10.7 Å². The van der Waals surface area contributed by atoms with Gasteiger partial charge in [0, 0.05) is 24.3 Å². The Bertz CT molecular complexity index is 1340. The lowest BCUT2D eigenvalue weighted by Crippen LogP contribution is -2.41. The van der Waals surface area contributed by atoms with Gasteiger partial charge < -0.3 is 9.73 Å². The second-order valence-electron chi connectivity index (χ2n) is 8.35. The first-order valence-corrected chi connectivity index (χ1v) is 12.1. The van der Waals surface area contributed by atoms with E-state index in [0.29, 0.717) is 23.2 Å². The van der Waals surface area contributed by atoms with Crippen molar-refractivity contribution in [1.29, 1.82) is 0 Å². The van der Waals surface area contributed by atoms with Gasteiger partial charge >= 0.3 is 0 Å². The Morgan fingerprint density at radius 3 is 2.44 bits per heavy atom. The van der Waals surface area contributed by atoms with Crippen LogP contribution in [0.1, 0.15) is 47.9 Å². The zero-order valence-corrected chi connectivity index (χ0v) is 19.2. The van der Waals surface area contributed by atoms with Crippen molar-refractivity contribution in [3.8, 4) is 0 Å². The number of nitrogens with one attached hydrogen (secondary N) is 1. The summed E-state index contributed by atoms with van der Waals surface area (Å²) in [5, 5.41) is 3.09. The SMILES string of the molecule is Cc1cc2oc(C(=O)Nc3ccc(S(=O)(=O)N4CCCC[C@H]4C)cc3)cc(=O)c2cc1C. The normalized spacial score (nSPS) is 17.4. The van der Waals surface area contributed by atoms with Crippen molar-refractivity contribution >= 4 is 32.6 Å². The van der Waals surface area contributed by atoms with E-state index < -0.39 is 15.9 Å². The first-order chi connectivity index (χ1) is 15.2. The van der Waals surface area contributed by atoms with Gasteiger partial charge in [-0.25, -0.2) is 8.42 Å². The van der Waals surface area contributed by atoms with Gasteiger partial charge in [0.15, 0.2) is 11.2 Å². The summed E-state index contributed by atoms with van der Waals surface area (Å²) >= 11 is 0. The molecule has 4 rings (SSSR count). The Morgan fingerprint density at radius 2 is 1.75 bits per heavy atom. The Kier molecular flexibility index (Phi) is 5.92. The molecule has 168 valence electrons. The fourth-order valence-corrected chi connectivity index (χ4v) is 5.69. The third kappa shape index (κ3) is 4.20. The molecule has 32 heavy (non-hydrogen) atoms. The van der Waals surface area contributed by atoms with Gasteiger partial charge in [0.1, 0.15) is 5.58 Å². The van der Waals surface area contributed by atoms with Gasteiger partial charge in [0.05, 0.1) is 10.3 Å². The minimum atomic E-state index is -3.59. The van der Waals surface area contributed by atoms with Crippen LogP contribution >= 0.6 is 0 Å². The molecule has 0 bridgehead atoms. The van der Waals surface area contributed by atoms with Crippen LogP contribution in [-0.2, 0) is 10.0 Å². The fourth-order valence-electron chi connectivity index (χ4n) is 3.99. The summed E-state index contributed by atoms with van der Waals surface area (Å²) in [4.78, 5) is 25.3. The highest BCUT2D eigenvalue weighted by atomic mass is 32.2. The quantitative estimate of drug-likeness (QED) is 0.636. The molecule has 0 radical (unpaired) electrons. The van der Waals surface area contributed by atoms with Crippen molar-refractivity contribution in [2.45, 2.75) is 51.0 Å². The first kappa shape index (κ1) is 22.2. The van der Waals surface area contributed by atoms with Crippen molar-refractivity contribution in [2.75, 3.05) is 11.9 Å². The minimum Gasteiger partial charge on any atom is -0.451 e. The number of fused-ring (bicyclic) bond motifs is 1. The molecule has 1 aromatic heterocycles. The topological polar surface area (TPSA) is 96.7 Å². The lowest BCUT2D eigenvalue weighted by atomic mass is 10.1. The highest BCUT2D eigenvalue weighted by molar-refractivity contribution is 7.89. The number of rotatable bonds is 4. The molecule has 1 atom stereocenters. The summed E-state index contributed by atoms with van der Waals surface area (Å²) < 4.78 is 33.1. The van der Waals surface area contributed by atoms with E-state index in [1.165, 1.54) is 34.6 Å². The number of hydrogen-bond acceptors (Lipinski definition) is 5. The molecular formula is C24H26N2O5S. The van der Waals surface area contributed by atoms with Crippen LogP contribution in [0.5, 0.6) is 0 Å². The number of carbonyl (C=O) groups is 1. The summed E-state index contributed by atoms with van der Waals surface area (Å²) in [5.41, 5.74) is 2.39. The number of benzene rings is 2. The second kappa shape index (κ2) is 8.52. The maximum absolute atomic E-state index is 13.0. The molecule has 2 heterocycles. The minimum absolute atomic E-state index is 0.0312. The van der Waals surface area contributed by atoms with E-state index in [-0.39, 0.29) is 22.1 Å². The molecule has 0 unspecified atom stereocenters. The molecule has 1 fully saturated rings. The molecule has 2 aromatic carbocycles. The van der Waals surface area contributed by atoms with Gasteiger partial charge in [-0.15, -0.1) is 0 Å². The number of carbonyl (C=O) groups excluding carboxylic acids is 1. The Labute approximate surface area is 187 Å². The lowest BCUT2D eigenvalue weighted by molar-refractivity contribution is 0.0997. The van der Waals surface area contributed by atoms with E-state index in [1.807, 2.05) is 20.8 Å². The van der Waals surface area contributed by atoms with E-state index in [0.717, 1.165) is 30.4 Å². The molecule has 0 aliphatic carbocycles. The highest BCUT2D eigenvalue weighted by Gasteiger charge is 2.30. The molecule has 3 aromatic rings. The molecular weight excluding hydrogens is 428 g/mol. The molecule has 0 saturated carbocycles. The summed E-state index contributed by atoms with van der Waals surface area (Å²) in [6.07, 6.45) is 2.74. The summed E-state index contributed by atoms with van der Waals surface area (Å²) in [6, 6.07) is 10.7. The molecule has 7 nitrogen and oxygen atoms in total. The number of hydrogen-bond donors (Lipinski definition) is 1. The first-order valence-electron chi connectivity index (χ1n) is 10.6. The summed E-state index contributed by atoms with van der Waals surface area (Å²) in [6.45, 7) is 6.25. The van der Waals surface area contributed by atoms with E-state index in [2.05, 4.69) is 5.32 Å². The van der Waals surface area contributed by atoms with Crippen LogP contribution in [0, 0.1) is 13.8 Å². The van der Waals surface area contributed by atoms with Crippen LogP contribution in [0.15, 0.2) is 56.6 Å². The van der Waals surface area contributed by atoms with E-state index in [4.69, 9.17) is 4.42 Å². The molecule has 0 spiro atoms. The van der Waals surface area contributed by atoms with Crippen molar-refractivity contribution in [3.05, 3.63) is 69.6 Å². The Hall–Kier alpha value is -2.97. The predicted octanol–water partition coefficient (Wildman–Crippen LogP) is 4.23. The van der Waals surface area contributed by atoms with Gasteiger partial charge in [-0.05, 0) is 81.1 Å². The Morgan fingerprint density at radius 1 is 1.06 bits per heavy atom. The molecule has 1 amide bonds. The van der Waals surface area contributed by atoms with Crippen molar-refractivity contribution in [1.82, 2.24) is 4.31 Å². The number of aryl methyl sites for hydroxylation is 2. The van der Waals surface area contributed by atoms with Gasteiger partial charge in [0.25, 0.3) is 5.91 Å². The zero-order valence-electron chi connectivity index (χ0n) is 18.3. The second-order valence-corrected chi connectivity index (χ2v) is 10.2. The molecule has 1 saturated heterocycles. The fraction of sp³-hybridized carbons (Fsp3) is 0.333. The zero-order chi connectivity index (χ0) is 23.0. The number of anilines is 1. The number of piperidine rings is 1. The number of sulfonamides is 1. The Balaban J connectivity index is 1.55.